The van der Waals surface area contributed by atoms with Gasteiger partial charge in [0.25, 0.3) is 0 Å². The van der Waals surface area contributed by atoms with Crippen LogP contribution in [0.15, 0.2) is 35.2 Å². The quantitative estimate of drug-likeness (QED) is 0.797. The molecule has 0 radical (unpaired) electrons. The molecule has 0 N–H and O–H groups in total. The van der Waals surface area contributed by atoms with Crippen molar-refractivity contribution in [1.29, 1.82) is 0 Å². The van der Waals surface area contributed by atoms with E-state index in [0.29, 0.717) is 6.54 Å². The molecular weight excluding hydrogens is 360 g/mol. The van der Waals surface area contributed by atoms with Crippen LogP contribution in [0.3, 0.4) is 0 Å². The number of aromatic nitrogens is 2. The zero-order valence-electron chi connectivity index (χ0n) is 14.7. The number of hydrogen-bond acceptors (Lipinski definition) is 4. The van der Waals surface area contributed by atoms with Gasteiger partial charge in [-0.15, -0.1) is 0 Å². The lowest BCUT2D eigenvalue weighted by Gasteiger charge is -2.23. The molecule has 1 aliphatic rings. The van der Waals surface area contributed by atoms with Gasteiger partial charge in [0.2, 0.25) is 10.0 Å². The minimum atomic E-state index is -3.65. The van der Waals surface area contributed by atoms with Crippen molar-refractivity contribution in [2.24, 2.45) is 7.05 Å². The maximum atomic E-state index is 13.1. The van der Waals surface area contributed by atoms with Crippen LogP contribution < -0.4 is 0 Å². The molecule has 3 rings (SSSR count). The van der Waals surface area contributed by atoms with Gasteiger partial charge in [0, 0.05) is 20.1 Å². The van der Waals surface area contributed by atoms with Gasteiger partial charge in [-0.2, -0.15) is 9.40 Å². The Hall–Kier alpha value is -1.41. The molecule has 2 aromatic rings. The molecule has 8 heteroatoms. The Balaban J connectivity index is 1.95. The molecule has 6 nitrogen and oxygen atoms in total. The minimum Gasteiger partial charge on any atom is -0.304 e. The minimum absolute atomic E-state index is 0.160. The second kappa shape index (κ2) is 7.07. The van der Waals surface area contributed by atoms with Crippen molar-refractivity contribution < 1.29 is 8.42 Å². The molecule has 0 saturated carbocycles. The van der Waals surface area contributed by atoms with E-state index in [-0.39, 0.29) is 16.0 Å². The van der Waals surface area contributed by atoms with E-state index < -0.39 is 10.0 Å². The van der Waals surface area contributed by atoms with Crippen LogP contribution in [0.25, 0.3) is 0 Å². The first kappa shape index (κ1) is 18.4. The molecule has 1 atom stereocenters. The van der Waals surface area contributed by atoms with Gasteiger partial charge in [-0.3, -0.25) is 4.68 Å². The van der Waals surface area contributed by atoms with Crippen LogP contribution in [0.2, 0.25) is 5.02 Å². The predicted octanol–water partition coefficient (Wildman–Crippen LogP) is 2.66. The summed E-state index contributed by atoms with van der Waals surface area (Å²) in [6, 6.07) is 8.35. The molecule has 1 aliphatic heterocycles. The van der Waals surface area contributed by atoms with Crippen LogP contribution in [0.5, 0.6) is 0 Å². The Morgan fingerprint density at radius 2 is 2.04 bits per heavy atom. The lowest BCUT2D eigenvalue weighted by atomic mass is 10.1. The van der Waals surface area contributed by atoms with E-state index in [1.807, 2.05) is 31.9 Å². The largest absolute Gasteiger partial charge is 0.304 e. The van der Waals surface area contributed by atoms with Gasteiger partial charge < -0.3 is 4.90 Å². The summed E-state index contributed by atoms with van der Waals surface area (Å²) in [4.78, 5) is 2.22. The molecule has 0 bridgehead atoms. The first-order chi connectivity index (χ1) is 11.8. The zero-order valence-corrected chi connectivity index (χ0v) is 16.3. The molecular formula is C17H23ClN4O2S. The Labute approximate surface area is 154 Å². The summed E-state index contributed by atoms with van der Waals surface area (Å²) in [7, 11) is 2.23. The van der Waals surface area contributed by atoms with E-state index in [9.17, 15) is 8.42 Å². The van der Waals surface area contributed by atoms with E-state index in [1.54, 1.807) is 24.3 Å². The van der Waals surface area contributed by atoms with Crippen molar-refractivity contribution in [1.82, 2.24) is 19.0 Å². The monoisotopic (exact) mass is 382 g/mol. The molecule has 1 fully saturated rings. The summed E-state index contributed by atoms with van der Waals surface area (Å²) >= 11 is 6.14. The van der Waals surface area contributed by atoms with Crippen LogP contribution in [-0.4, -0.2) is 48.0 Å². The van der Waals surface area contributed by atoms with Gasteiger partial charge in [0.1, 0.15) is 4.90 Å². The highest BCUT2D eigenvalue weighted by Crippen LogP contribution is 2.37. The van der Waals surface area contributed by atoms with Crippen LogP contribution in [0.4, 0.5) is 0 Å². The molecule has 1 saturated heterocycles. The molecule has 1 aromatic carbocycles. The Morgan fingerprint density at radius 1 is 1.32 bits per heavy atom. The van der Waals surface area contributed by atoms with Gasteiger partial charge in [-0.05, 0) is 45.1 Å². The van der Waals surface area contributed by atoms with Crippen molar-refractivity contribution in [3.8, 4) is 0 Å². The van der Waals surface area contributed by atoms with Crippen molar-refractivity contribution in [2.45, 2.75) is 30.3 Å². The predicted molar refractivity (Wildman–Crippen MR) is 97.9 cm³/mol. The summed E-state index contributed by atoms with van der Waals surface area (Å²) in [6.07, 6.45) is 1.58. The average Bonchev–Trinajstić information content (AvgIpc) is 3.15. The fraction of sp³-hybridized carbons (Fsp3) is 0.471. The highest BCUT2D eigenvalue weighted by atomic mass is 35.5. The van der Waals surface area contributed by atoms with Crippen molar-refractivity contribution in [2.75, 3.05) is 20.6 Å². The summed E-state index contributed by atoms with van der Waals surface area (Å²) in [5, 5.41) is 4.83. The van der Waals surface area contributed by atoms with Crippen molar-refractivity contribution in [3.63, 3.8) is 0 Å². The van der Waals surface area contributed by atoms with Crippen molar-refractivity contribution in [3.05, 3.63) is 46.7 Å². The Bertz CT molecular complexity index is 863. The Morgan fingerprint density at radius 3 is 2.72 bits per heavy atom. The smallest absolute Gasteiger partial charge is 0.245 e. The van der Waals surface area contributed by atoms with Gasteiger partial charge in [0.05, 0.1) is 22.5 Å². The third-order valence-electron chi connectivity index (χ3n) is 4.44. The molecule has 0 unspecified atom stereocenters. The van der Waals surface area contributed by atoms with E-state index in [0.717, 1.165) is 30.8 Å². The topological polar surface area (TPSA) is 58.4 Å². The summed E-state index contributed by atoms with van der Waals surface area (Å²) < 4.78 is 29.6. The Kier molecular flexibility index (Phi) is 5.20. The lowest BCUT2D eigenvalue weighted by Crippen LogP contribution is -2.31. The number of aryl methyl sites for hydroxylation is 1. The SMILES string of the molecule is CN(C)Cc1cc([C@@H]2CCCN2S(=O)(=O)c2ccccc2Cl)nn1C. The third kappa shape index (κ3) is 3.60. The van der Waals surface area contributed by atoms with E-state index in [2.05, 4.69) is 10.00 Å². The fourth-order valence-electron chi connectivity index (χ4n) is 3.27. The van der Waals surface area contributed by atoms with E-state index in [4.69, 9.17) is 11.6 Å². The molecule has 0 aliphatic carbocycles. The standard InChI is InChI=1S/C17H23ClN4O2S/c1-20(2)12-13-11-15(19-21(13)3)16-8-6-10-22(16)25(23,24)17-9-5-4-7-14(17)18/h4-5,7,9,11,16H,6,8,10,12H2,1-3H3/t16-/m0/s1. The maximum Gasteiger partial charge on any atom is 0.245 e. The molecule has 1 aromatic heterocycles. The number of sulfonamides is 1. The van der Waals surface area contributed by atoms with Crippen LogP contribution in [-0.2, 0) is 23.6 Å². The number of benzene rings is 1. The zero-order chi connectivity index (χ0) is 18.2. The highest BCUT2D eigenvalue weighted by Gasteiger charge is 2.38. The van der Waals surface area contributed by atoms with Crippen LogP contribution >= 0.6 is 11.6 Å². The van der Waals surface area contributed by atoms with Gasteiger partial charge in [-0.1, -0.05) is 23.7 Å². The molecule has 136 valence electrons. The second-order valence-corrected chi connectivity index (χ2v) is 8.89. The molecule has 0 amide bonds. The van der Waals surface area contributed by atoms with Crippen molar-refractivity contribution >= 4 is 21.6 Å². The summed E-state index contributed by atoms with van der Waals surface area (Å²) in [5.74, 6) is 0. The van der Waals surface area contributed by atoms with Crippen LogP contribution in [0, 0.1) is 0 Å². The number of hydrogen-bond donors (Lipinski definition) is 0. The third-order valence-corrected chi connectivity index (χ3v) is 6.85. The lowest BCUT2D eigenvalue weighted by molar-refractivity contribution is 0.384. The summed E-state index contributed by atoms with van der Waals surface area (Å²) in [5.41, 5.74) is 1.86. The first-order valence-electron chi connectivity index (χ1n) is 8.24. The molecule has 0 spiro atoms. The summed E-state index contributed by atoms with van der Waals surface area (Å²) in [6.45, 7) is 1.24. The van der Waals surface area contributed by atoms with Gasteiger partial charge in [0.15, 0.2) is 0 Å². The highest BCUT2D eigenvalue weighted by molar-refractivity contribution is 7.89. The normalized spacial score (nSPS) is 19.0. The second-order valence-electron chi connectivity index (χ2n) is 6.63. The van der Waals surface area contributed by atoms with Gasteiger partial charge in [-0.25, -0.2) is 8.42 Å². The number of rotatable bonds is 5. The molecule has 2 heterocycles. The van der Waals surface area contributed by atoms with Crippen LogP contribution in [0.1, 0.15) is 30.3 Å². The first-order valence-corrected chi connectivity index (χ1v) is 10.1. The number of nitrogens with zero attached hydrogens (tertiary/aromatic N) is 4. The fourth-order valence-corrected chi connectivity index (χ4v) is 5.43. The average molecular weight is 383 g/mol. The van der Waals surface area contributed by atoms with E-state index >= 15 is 0 Å². The maximum absolute atomic E-state index is 13.1. The van der Waals surface area contributed by atoms with E-state index in [1.165, 1.54) is 4.31 Å². The van der Waals surface area contributed by atoms with Gasteiger partial charge >= 0.3 is 0 Å². The molecule has 25 heavy (non-hydrogen) atoms. The number of halogens is 1.